The molecule has 420 valence electrons. The molecule has 0 aromatic heterocycles. The fraction of sp³-hybridized carbons (Fsp3) is 0.673. The van der Waals surface area contributed by atoms with Crippen molar-refractivity contribution in [2.45, 2.75) is 172 Å². The number of likely N-dealkylation sites (tertiary alicyclic amines) is 1. The molecular formula is C55H74ClF6N7O7. The highest BCUT2D eigenvalue weighted by atomic mass is 35.5. The molecule has 8 atom stereocenters. The number of benzene rings is 2. The van der Waals surface area contributed by atoms with Crippen LogP contribution in [0.5, 0.6) is 0 Å². The Hall–Kier alpha value is -5.11. The van der Waals surface area contributed by atoms with Crippen LogP contribution in [-0.4, -0.2) is 163 Å². The Morgan fingerprint density at radius 1 is 0.895 bits per heavy atom. The second-order valence-corrected chi connectivity index (χ2v) is 23.0. The number of nitrogens with zero attached hydrogens (tertiary/aromatic N) is 5. The lowest BCUT2D eigenvalue weighted by Gasteiger charge is -2.48. The first kappa shape index (κ1) is 58.6. The molecule has 0 spiro atoms. The number of carbonyl (C=O) groups excluding carboxylic acids is 6. The molecule has 0 unspecified atom stereocenters. The maximum Gasteiger partial charge on any atom is 0.403 e. The van der Waals surface area contributed by atoms with Gasteiger partial charge in [0.05, 0.1) is 18.8 Å². The van der Waals surface area contributed by atoms with Crippen LogP contribution in [0.2, 0.25) is 5.02 Å². The van der Waals surface area contributed by atoms with Gasteiger partial charge >= 0.3 is 6.18 Å². The summed E-state index contributed by atoms with van der Waals surface area (Å²) in [7, 11) is 4.64. The van der Waals surface area contributed by atoms with E-state index in [2.05, 4.69) is 27.7 Å². The molecule has 2 aromatic carbocycles. The first-order chi connectivity index (χ1) is 35.7. The topological polar surface area (TPSA) is 152 Å². The Morgan fingerprint density at radius 3 is 2.13 bits per heavy atom. The van der Waals surface area contributed by atoms with Gasteiger partial charge in [0, 0.05) is 77.2 Å². The number of likely N-dealkylation sites (N-methyl/N-ethyl adjacent to an activating group) is 3. The second-order valence-electron chi connectivity index (χ2n) is 22.6. The third-order valence-electron chi connectivity index (χ3n) is 15.9. The number of amides is 6. The van der Waals surface area contributed by atoms with Crippen molar-refractivity contribution in [1.82, 2.24) is 30.2 Å². The maximum absolute atomic E-state index is 15.0. The fourth-order valence-electron chi connectivity index (χ4n) is 11.6. The highest BCUT2D eigenvalue weighted by Crippen LogP contribution is 2.61. The summed E-state index contributed by atoms with van der Waals surface area (Å²) in [4.78, 5) is 93.3. The predicted molar refractivity (Wildman–Crippen MR) is 275 cm³/mol. The predicted octanol–water partition coefficient (Wildman–Crippen LogP) is 7.97. The molecule has 21 heteroatoms. The lowest BCUT2D eigenvalue weighted by atomic mass is 9.64. The molecule has 5 aliphatic rings. The number of carbonyl (C=O) groups is 6. The van der Waals surface area contributed by atoms with Gasteiger partial charge in [-0.1, -0.05) is 69.3 Å². The number of hydrogen-bond acceptors (Lipinski definition) is 8. The van der Waals surface area contributed by atoms with E-state index in [-0.39, 0.29) is 43.3 Å². The van der Waals surface area contributed by atoms with Gasteiger partial charge in [-0.25, -0.2) is 13.2 Å². The van der Waals surface area contributed by atoms with Gasteiger partial charge in [-0.3, -0.25) is 28.8 Å². The van der Waals surface area contributed by atoms with Gasteiger partial charge in [0.2, 0.25) is 35.4 Å². The van der Waals surface area contributed by atoms with Gasteiger partial charge < -0.3 is 39.9 Å². The normalized spacial score (nSPS) is 27.5. The molecule has 6 amide bonds. The molecule has 2 saturated carbocycles. The lowest BCUT2D eigenvalue weighted by molar-refractivity contribution is -0.299. The minimum absolute atomic E-state index is 0.0705. The highest BCUT2D eigenvalue weighted by Gasteiger charge is 2.75. The quantitative estimate of drug-likeness (QED) is 0.203. The van der Waals surface area contributed by atoms with Gasteiger partial charge in [-0.05, 0) is 98.7 Å². The molecule has 7 rings (SSSR count). The Morgan fingerprint density at radius 2 is 1.53 bits per heavy atom. The third kappa shape index (κ3) is 13.4. The Balaban J connectivity index is 1.12. The summed E-state index contributed by atoms with van der Waals surface area (Å²) >= 11 is 6.66. The van der Waals surface area contributed by atoms with Crippen LogP contribution in [0.3, 0.4) is 0 Å². The minimum atomic E-state index is -5.40. The number of morpholine rings is 1. The Kier molecular flexibility index (Phi) is 18.4. The molecule has 76 heavy (non-hydrogen) atoms. The maximum atomic E-state index is 15.0. The Labute approximate surface area is 446 Å². The number of halogens is 7. The van der Waals surface area contributed by atoms with Crippen LogP contribution in [0.25, 0.3) is 11.1 Å². The number of alkyl halides is 6. The number of nitrogens with one attached hydrogen (secondary N) is 2. The molecular weight excluding hydrogens is 1020 g/mol. The number of hydrogen-bond donors (Lipinski definition) is 2. The molecule has 3 saturated heterocycles. The Bertz CT molecular complexity index is 2430. The van der Waals surface area contributed by atoms with Crippen molar-refractivity contribution >= 4 is 52.7 Å². The molecule has 0 radical (unpaired) electrons. The van der Waals surface area contributed by atoms with Gasteiger partial charge in [-0.2, -0.15) is 13.2 Å². The monoisotopic (exact) mass is 1090 g/mol. The molecule has 5 fully saturated rings. The van der Waals surface area contributed by atoms with E-state index in [0.29, 0.717) is 48.6 Å². The van der Waals surface area contributed by atoms with E-state index >= 15 is 0 Å². The van der Waals surface area contributed by atoms with Crippen molar-refractivity contribution in [3.8, 4) is 11.1 Å². The molecule has 3 aliphatic heterocycles. The molecule has 2 aliphatic carbocycles. The van der Waals surface area contributed by atoms with Crippen LogP contribution < -0.4 is 15.5 Å². The van der Waals surface area contributed by atoms with Gasteiger partial charge in [0.25, 0.3) is 5.92 Å². The highest BCUT2D eigenvalue weighted by molar-refractivity contribution is 6.30. The van der Waals surface area contributed by atoms with E-state index in [1.54, 1.807) is 24.1 Å². The number of anilines is 1. The summed E-state index contributed by atoms with van der Waals surface area (Å²) in [6, 6.07) is 7.08. The van der Waals surface area contributed by atoms with Crippen molar-refractivity contribution in [1.29, 1.82) is 0 Å². The number of rotatable bonds is 12. The summed E-state index contributed by atoms with van der Waals surface area (Å²) in [5, 5.41) is 5.92. The smallest absolute Gasteiger partial charge is 0.372 e. The SMILES string of the molecule is CC(C)C[C@@H]1NC(=O)[C@@H](N(C)C(=O)[C@@H](NC(=O)[C@@H]2C[C@@H](F)CN2C(=O)C2(C(F)(F)F)CC(F)(F)C2)C2CC2)CCCCCCCN(C)C(=O)[C@H](Cc2cc(Cl)ccc2-c2ccc(N3C[C@@H](C)O[C@H](C)C3)cc2)N(C)C1=O. The molecule has 14 nitrogen and oxygen atoms in total. The van der Waals surface area contributed by atoms with E-state index in [9.17, 15) is 55.1 Å². The summed E-state index contributed by atoms with van der Waals surface area (Å²) in [5.41, 5.74) is -0.0216. The van der Waals surface area contributed by atoms with Crippen molar-refractivity contribution < 1.29 is 59.8 Å². The standard InChI is InChI=1S/C55H74ClF6N7O7/c1-32(2)23-42-49(72)67(7)45(25-37-24-38(56)18-21-41(37)35-16-19-40(20-17-35)68-27-33(3)76-34(4)28-68)50(73)65(5)22-12-10-8-9-11-13-43(47(70)63-42)66(6)51(74)46(36-14-15-36)64-48(71)44-26-39(57)29-69(44)52(75)53(55(60,61)62)30-54(58,59)31-53/h16-21,24,32-34,36,39,42-46H,8-15,22-23,25-31H2,1-7H3,(H,63,70)(H,64,71)/t33-,34-,39-,42+,43+,44+,45+,46+/m1/s1. The fourth-order valence-corrected chi connectivity index (χ4v) is 11.8. The van der Waals surface area contributed by atoms with Crippen molar-refractivity contribution in [2.75, 3.05) is 52.2 Å². The van der Waals surface area contributed by atoms with Crippen LogP contribution in [0, 0.1) is 17.3 Å². The average Bonchev–Trinajstić information content (AvgIpc) is 4.14. The van der Waals surface area contributed by atoms with Crippen molar-refractivity contribution in [3.05, 3.63) is 53.1 Å². The van der Waals surface area contributed by atoms with Crippen LogP contribution in [0.1, 0.15) is 110 Å². The second kappa shape index (κ2) is 23.9. The largest absolute Gasteiger partial charge is 0.403 e. The van der Waals surface area contributed by atoms with E-state index in [1.807, 2.05) is 45.9 Å². The van der Waals surface area contributed by atoms with Gasteiger partial charge in [-0.15, -0.1) is 0 Å². The van der Waals surface area contributed by atoms with Gasteiger partial charge in [0.15, 0.2) is 5.41 Å². The van der Waals surface area contributed by atoms with Crippen LogP contribution in [0.15, 0.2) is 42.5 Å². The summed E-state index contributed by atoms with van der Waals surface area (Å²) < 4.78 is 91.7. The summed E-state index contributed by atoms with van der Waals surface area (Å²) in [6.45, 7) is 8.83. The molecule has 2 aromatic rings. The van der Waals surface area contributed by atoms with E-state index in [1.165, 1.54) is 23.9 Å². The van der Waals surface area contributed by atoms with Gasteiger partial charge in [0.1, 0.15) is 36.4 Å². The minimum Gasteiger partial charge on any atom is -0.372 e. The van der Waals surface area contributed by atoms with Crippen LogP contribution >= 0.6 is 11.6 Å². The van der Waals surface area contributed by atoms with Crippen molar-refractivity contribution in [3.63, 3.8) is 0 Å². The summed E-state index contributed by atoms with van der Waals surface area (Å²) in [5.74, 6) is -9.55. The number of ether oxygens (including phenoxy) is 1. The molecule has 2 N–H and O–H groups in total. The summed E-state index contributed by atoms with van der Waals surface area (Å²) in [6.07, 6.45) is -7.01. The molecule has 3 heterocycles. The zero-order valence-corrected chi connectivity index (χ0v) is 45.3. The van der Waals surface area contributed by atoms with Crippen LogP contribution in [-0.2, 0) is 39.9 Å². The average molecular weight is 1090 g/mol. The molecule has 0 bridgehead atoms. The first-order valence-electron chi connectivity index (χ1n) is 26.8. The lowest BCUT2D eigenvalue weighted by Crippen LogP contribution is -2.65. The zero-order chi connectivity index (χ0) is 55.6. The first-order valence-corrected chi connectivity index (χ1v) is 27.2. The van der Waals surface area contributed by atoms with Crippen molar-refractivity contribution in [2.24, 2.45) is 17.3 Å². The third-order valence-corrected chi connectivity index (χ3v) is 16.1. The zero-order valence-electron chi connectivity index (χ0n) is 44.6. The van der Waals surface area contributed by atoms with E-state index in [4.69, 9.17) is 16.3 Å². The van der Waals surface area contributed by atoms with Crippen LogP contribution in [0.4, 0.5) is 32.0 Å². The van der Waals surface area contributed by atoms with E-state index < -0.39 is 115 Å². The van der Waals surface area contributed by atoms with E-state index in [0.717, 1.165) is 48.3 Å².